The summed E-state index contributed by atoms with van der Waals surface area (Å²) in [5, 5.41) is 0. The topological polar surface area (TPSA) is 60.6 Å². The molecule has 5 heteroatoms. The minimum atomic E-state index is -0.216. The number of pyridine rings is 1. The molecule has 108 valence electrons. The molecule has 0 bridgehead atoms. The Balaban J connectivity index is 2.64. The van der Waals surface area contributed by atoms with Gasteiger partial charge in [-0.3, -0.25) is 9.88 Å². The van der Waals surface area contributed by atoms with Gasteiger partial charge in [0.25, 0.3) is 0 Å². The summed E-state index contributed by atoms with van der Waals surface area (Å²) in [6.07, 6.45) is 2.35. The lowest BCUT2D eigenvalue weighted by atomic mass is 10.1. The van der Waals surface area contributed by atoms with Crippen LogP contribution in [0.1, 0.15) is 19.0 Å². The molecule has 0 amide bonds. The maximum absolute atomic E-state index is 5.89. The van der Waals surface area contributed by atoms with E-state index in [0.717, 1.165) is 25.2 Å². The summed E-state index contributed by atoms with van der Waals surface area (Å²) in [6.45, 7) is 4.40. The zero-order valence-electron chi connectivity index (χ0n) is 12.1. The molecule has 0 fully saturated rings. The summed E-state index contributed by atoms with van der Waals surface area (Å²) in [5.74, 6) is 0. The van der Waals surface area contributed by atoms with Crippen LogP contribution in [0.4, 0.5) is 0 Å². The number of ether oxygens (including phenoxy) is 2. The summed E-state index contributed by atoms with van der Waals surface area (Å²) in [7, 11) is 3.30. The maximum Gasteiger partial charge on any atom is 0.158 e. The van der Waals surface area contributed by atoms with Crippen LogP contribution in [0.2, 0.25) is 0 Å². The molecule has 1 atom stereocenters. The highest BCUT2D eigenvalue weighted by Gasteiger charge is 2.20. The third-order valence-electron chi connectivity index (χ3n) is 3.28. The second kappa shape index (κ2) is 8.98. The first-order valence-corrected chi connectivity index (χ1v) is 6.64. The van der Waals surface area contributed by atoms with Crippen molar-refractivity contribution in [2.24, 2.45) is 5.73 Å². The molecule has 0 aromatic carbocycles. The van der Waals surface area contributed by atoms with Gasteiger partial charge in [-0.1, -0.05) is 13.0 Å². The van der Waals surface area contributed by atoms with E-state index in [9.17, 15) is 0 Å². The number of methoxy groups -OCH3 is 2. The summed E-state index contributed by atoms with van der Waals surface area (Å²) >= 11 is 0. The van der Waals surface area contributed by atoms with E-state index in [-0.39, 0.29) is 12.3 Å². The summed E-state index contributed by atoms with van der Waals surface area (Å²) in [5.41, 5.74) is 6.94. The molecule has 0 aliphatic carbocycles. The lowest BCUT2D eigenvalue weighted by molar-refractivity contribution is -0.116. The van der Waals surface area contributed by atoms with E-state index in [2.05, 4.69) is 16.8 Å². The van der Waals surface area contributed by atoms with Gasteiger partial charge in [0.1, 0.15) is 0 Å². The SMILES string of the molecule is CCN(Cc1ccccn1)C(CN)CC(OC)OC. The highest BCUT2D eigenvalue weighted by atomic mass is 16.7. The van der Waals surface area contributed by atoms with Crippen LogP contribution in [-0.4, -0.2) is 49.5 Å². The van der Waals surface area contributed by atoms with Crippen molar-refractivity contribution in [1.82, 2.24) is 9.88 Å². The Labute approximate surface area is 115 Å². The number of likely N-dealkylation sites (N-methyl/N-ethyl adjacent to an activating group) is 1. The minimum absolute atomic E-state index is 0.216. The molecule has 19 heavy (non-hydrogen) atoms. The average Bonchev–Trinajstić information content (AvgIpc) is 2.48. The van der Waals surface area contributed by atoms with Gasteiger partial charge in [0, 0.05) is 46.0 Å². The van der Waals surface area contributed by atoms with Crippen molar-refractivity contribution in [3.8, 4) is 0 Å². The van der Waals surface area contributed by atoms with E-state index >= 15 is 0 Å². The van der Waals surface area contributed by atoms with Crippen LogP contribution < -0.4 is 5.73 Å². The van der Waals surface area contributed by atoms with Crippen LogP contribution in [0.25, 0.3) is 0 Å². The maximum atomic E-state index is 5.89. The van der Waals surface area contributed by atoms with Crippen molar-refractivity contribution >= 4 is 0 Å². The molecule has 1 heterocycles. The highest BCUT2D eigenvalue weighted by Crippen LogP contribution is 2.12. The lowest BCUT2D eigenvalue weighted by Gasteiger charge is -2.31. The van der Waals surface area contributed by atoms with Gasteiger partial charge in [0.15, 0.2) is 6.29 Å². The van der Waals surface area contributed by atoms with Gasteiger partial charge in [0.2, 0.25) is 0 Å². The lowest BCUT2D eigenvalue weighted by Crippen LogP contribution is -2.43. The first-order chi connectivity index (χ1) is 9.24. The third-order valence-corrected chi connectivity index (χ3v) is 3.28. The van der Waals surface area contributed by atoms with Crippen LogP contribution in [0.3, 0.4) is 0 Å². The van der Waals surface area contributed by atoms with Gasteiger partial charge in [-0.05, 0) is 18.7 Å². The van der Waals surface area contributed by atoms with E-state index in [4.69, 9.17) is 15.2 Å². The predicted molar refractivity (Wildman–Crippen MR) is 75.6 cm³/mol. The minimum Gasteiger partial charge on any atom is -0.356 e. The van der Waals surface area contributed by atoms with Gasteiger partial charge in [-0.15, -0.1) is 0 Å². The standard InChI is InChI=1S/C14H25N3O2/c1-4-17(11-12-7-5-6-8-16-12)13(10-15)9-14(18-2)19-3/h5-8,13-14H,4,9-11,15H2,1-3H3. The van der Waals surface area contributed by atoms with Crippen LogP contribution in [0, 0.1) is 0 Å². The van der Waals surface area contributed by atoms with Gasteiger partial charge in [-0.25, -0.2) is 0 Å². The zero-order chi connectivity index (χ0) is 14.1. The molecule has 0 radical (unpaired) electrons. The predicted octanol–water partition coefficient (Wildman–Crippen LogP) is 1.24. The Bertz CT molecular complexity index is 331. The van der Waals surface area contributed by atoms with E-state index in [1.165, 1.54) is 0 Å². The molecule has 0 aliphatic rings. The largest absolute Gasteiger partial charge is 0.356 e. The van der Waals surface area contributed by atoms with Crippen molar-refractivity contribution < 1.29 is 9.47 Å². The molecule has 1 aromatic rings. The summed E-state index contributed by atoms with van der Waals surface area (Å²) in [4.78, 5) is 6.66. The molecular weight excluding hydrogens is 242 g/mol. The fourth-order valence-electron chi connectivity index (χ4n) is 2.10. The molecule has 0 saturated carbocycles. The van der Waals surface area contributed by atoms with Gasteiger partial charge in [-0.2, -0.15) is 0 Å². The van der Waals surface area contributed by atoms with Gasteiger partial charge < -0.3 is 15.2 Å². The number of rotatable bonds is 9. The number of nitrogens with two attached hydrogens (primary N) is 1. The molecule has 2 N–H and O–H groups in total. The molecule has 5 nitrogen and oxygen atoms in total. The highest BCUT2D eigenvalue weighted by molar-refractivity contribution is 5.03. The van der Waals surface area contributed by atoms with E-state index in [1.54, 1.807) is 14.2 Å². The smallest absolute Gasteiger partial charge is 0.158 e. The van der Waals surface area contributed by atoms with Crippen molar-refractivity contribution in [1.29, 1.82) is 0 Å². The van der Waals surface area contributed by atoms with Gasteiger partial charge in [0.05, 0.1) is 5.69 Å². The Morgan fingerprint density at radius 2 is 2.05 bits per heavy atom. The number of nitrogens with zero attached hydrogens (tertiary/aromatic N) is 2. The Kier molecular flexibility index (Phi) is 7.59. The van der Waals surface area contributed by atoms with E-state index < -0.39 is 0 Å². The van der Waals surface area contributed by atoms with Crippen LogP contribution >= 0.6 is 0 Å². The normalized spacial score (nSPS) is 13.2. The second-order valence-corrected chi connectivity index (χ2v) is 4.41. The third kappa shape index (κ3) is 5.24. The first kappa shape index (κ1) is 16.0. The van der Waals surface area contributed by atoms with Crippen molar-refractivity contribution in [2.45, 2.75) is 32.2 Å². The second-order valence-electron chi connectivity index (χ2n) is 4.41. The Morgan fingerprint density at radius 1 is 1.32 bits per heavy atom. The Morgan fingerprint density at radius 3 is 2.53 bits per heavy atom. The van der Waals surface area contributed by atoms with Crippen molar-refractivity contribution in [2.75, 3.05) is 27.3 Å². The fourth-order valence-corrected chi connectivity index (χ4v) is 2.10. The van der Waals surface area contributed by atoms with Gasteiger partial charge >= 0.3 is 0 Å². The number of aromatic nitrogens is 1. The fraction of sp³-hybridized carbons (Fsp3) is 0.643. The molecule has 0 spiro atoms. The van der Waals surface area contributed by atoms with E-state index in [0.29, 0.717) is 6.54 Å². The molecule has 0 aliphatic heterocycles. The number of hydrogen-bond acceptors (Lipinski definition) is 5. The number of hydrogen-bond donors (Lipinski definition) is 1. The molecule has 0 saturated heterocycles. The molecule has 1 unspecified atom stereocenters. The van der Waals surface area contributed by atoms with Crippen LogP contribution in [0.5, 0.6) is 0 Å². The zero-order valence-corrected chi connectivity index (χ0v) is 12.1. The molecule has 1 aromatic heterocycles. The molecule has 1 rings (SSSR count). The average molecular weight is 267 g/mol. The van der Waals surface area contributed by atoms with Crippen LogP contribution in [-0.2, 0) is 16.0 Å². The van der Waals surface area contributed by atoms with E-state index in [1.807, 2.05) is 24.4 Å². The first-order valence-electron chi connectivity index (χ1n) is 6.64. The molecular formula is C14H25N3O2. The van der Waals surface area contributed by atoms with Crippen molar-refractivity contribution in [3.63, 3.8) is 0 Å². The van der Waals surface area contributed by atoms with Crippen molar-refractivity contribution in [3.05, 3.63) is 30.1 Å². The summed E-state index contributed by atoms with van der Waals surface area (Å²) < 4.78 is 10.5. The summed E-state index contributed by atoms with van der Waals surface area (Å²) in [6, 6.07) is 6.17. The van der Waals surface area contributed by atoms with Crippen LogP contribution in [0.15, 0.2) is 24.4 Å². The Hall–Kier alpha value is -1.01. The quantitative estimate of drug-likeness (QED) is 0.682. The monoisotopic (exact) mass is 267 g/mol.